The van der Waals surface area contributed by atoms with Gasteiger partial charge in [-0.25, -0.2) is 4.98 Å². The number of hydrogen-bond donors (Lipinski definition) is 1. The van der Waals surface area contributed by atoms with Gasteiger partial charge in [-0.15, -0.1) is 0 Å². The van der Waals surface area contributed by atoms with Crippen LogP contribution in [0.15, 0.2) is 59.4 Å². The molecule has 0 bridgehead atoms. The van der Waals surface area contributed by atoms with E-state index in [1.807, 2.05) is 36.4 Å². The minimum atomic E-state index is -0.285. The molecule has 0 radical (unpaired) electrons. The Morgan fingerprint density at radius 2 is 1.65 bits per heavy atom. The Hall–Kier alpha value is -3.21. The van der Waals surface area contributed by atoms with Gasteiger partial charge in [-0.3, -0.25) is 15.0 Å². The van der Waals surface area contributed by atoms with Crippen molar-refractivity contribution in [1.82, 2.24) is 9.66 Å². The van der Waals surface area contributed by atoms with E-state index in [1.54, 1.807) is 0 Å². The Labute approximate surface area is 182 Å². The maximum absolute atomic E-state index is 14.0. The fraction of sp³-hybridized carbons (Fsp3) is 0.346. The van der Waals surface area contributed by atoms with Crippen molar-refractivity contribution in [2.24, 2.45) is 0 Å². The summed E-state index contributed by atoms with van der Waals surface area (Å²) in [6, 6.07) is 17.9. The Balaban J connectivity index is 1.85. The quantitative estimate of drug-likeness (QED) is 0.655. The van der Waals surface area contributed by atoms with Gasteiger partial charge < -0.3 is 0 Å². The summed E-state index contributed by atoms with van der Waals surface area (Å²) >= 11 is 0. The Bertz CT molecular complexity index is 1190. The first kappa shape index (κ1) is 19.7. The molecular formula is C26H27N3O2. The molecule has 1 aromatic heterocycles. The van der Waals surface area contributed by atoms with Crippen molar-refractivity contribution in [1.29, 1.82) is 0 Å². The van der Waals surface area contributed by atoms with E-state index in [0.717, 1.165) is 54.5 Å². The molecule has 31 heavy (non-hydrogen) atoms. The van der Waals surface area contributed by atoms with Crippen LogP contribution in [0.2, 0.25) is 0 Å². The largest absolute Gasteiger partial charge is 0.277 e. The van der Waals surface area contributed by atoms with Crippen LogP contribution in [-0.2, 0) is 16.6 Å². The van der Waals surface area contributed by atoms with Crippen LogP contribution in [0.3, 0.4) is 0 Å². The molecule has 0 aliphatic heterocycles. The summed E-state index contributed by atoms with van der Waals surface area (Å²) in [6.07, 6.45) is 7.45. The van der Waals surface area contributed by atoms with Gasteiger partial charge in [-0.2, -0.15) is 4.68 Å². The lowest BCUT2D eigenvalue weighted by Crippen LogP contribution is -2.44. The SMILES string of the molecule is CC(=O)Nn1c(-c2ccccc2)nc2c(c1=O)C1(CCCCCC1)Cc1ccccc1-2. The molecule has 1 heterocycles. The number of fused-ring (bicyclic) bond motifs is 4. The van der Waals surface area contributed by atoms with E-state index in [1.165, 1.54) is 30.0 Å². The summed E-state index contributed by atoms with van der Waals surface area (Å²) in [5.41, 5.74) is 7.06. The van der Waals surface area contributed by atoms with E-state index in [4.69, 9.17) is 4.98 Å². The second kappa shape index (κ2) is 7.80. The summed E-state index contributed by atoms with van der Waals surface area (Å²) in [5.74, 6) is 0.187. The van der Waals surface area contributed by atoms with Crippen LogP contribution in [0.25, 0.3) is 22.6 Å². The lowest BCUT2D eigenvalue weighted by molar-refractivity contribution is -0.115. The predicted molar refractivity (Wildman–Crippen MR) is 122 cm³/mol. The lowest BCUT2D eigenvalue weighted by atomic mass is 9.65. The number of aromatic nitrogens is 2. The average molecular weight is 414 g/mol. The predicted octanol–water partition coefficient (Wildman–Crippen LogP) is 4.82. The van der Waals surface area contributed by atoms with Crippen LogP contribution < -0.4 is 11.0 Å². The topological polar surface area (TPSA) is 64.0 Å². The summed E-state index contributed by atoms with van der Waals surface area (Å²) in [5, 5.41) is 0. The molecule has 1 saturated carbocycles. The van der Waals surface area contributed by atoms with Gasteiger partial charge in [0.1, 0.15) is 0 Å². The third kappa shape index (κ3) is 3.38. The van der Waals surface area contributed by atoms with Crippen molar-refractivity contribution < 1.29 is 4.79 Å². The molecule has 5 heteroatoms. The molecule has 0 unspecified atom stereocenters. The van der Waals surface area contributed by atoms with Crippen molar-refractivity contribution in [3.05, 3.63) is 76.1 Å². The van der Waals surface area contributed by atoms with Crippen LogP contribution in [0, 0.1) is 0 Å². The van der Waals surface area contributed by atoms with E-state index in [2.05, 4.69) is 23.6 Å². The van der Waals surface area contributed by atoms with Gasteiger partial charge in [-0.05, 0) is 24.8 Å². The van der Waals surface area contributed by atoms with Crippen molar-refractivity contribution in [2.75, 3.05) is 5.43 Å². The minimum Gasteiger partial charge on any atom is -0.274 e. The smallest absolute Gasteiger partial charge is 0.274 e. The maximum atomic E-state index is 14.0. The van der Waals surface area contributed by atoms with E-state index >= 15 is 0 Å². The molecule has 3 aromatic rings. The fourth-order valence-electron chi connectivity index (χ4n) is 5.43. The molecule has 0 saturated heterocycles. The van der Waals surface area contributed by atoms with Crippen LogP contribution in [-0.4, -0.2) is 15.6 Å². The van der Waals surface area contributed by atoms with Gasteiger partial charge in [0.05, 0.1) is 11.3 Å². The van der Waals surface area contributed by atoms with Gasteiger partial charge in [0.25, 0.3) is 5.56 Å². The van der Waals surface area contributed by atoms with Gasteiger partial charge >= 0.3 is 0 Å². The molecule has 1 amide bonds. The molecule has 1 spiro atoms. The summed E-state index contributed by atoms with van der Waals surface area (Å²) in [4.78, 5) is 31.2. The molecule has 158 valence electrons. The van der Waals surface area contributed by atoms with Gasteiger partial charge in [0.2, 0.25) is 5.91 Å². The highest BCUT2D eigenvalue weighted by Crippen LogP contribution is 2.48. The summed E-state index contributed by atoms with van der Waals surface area (Å²) in [6.45, 7) is 1.43. The van der Waals surface area contributed by atoms with Crippen LogP contribution in [0.4, 0.5) is 0 Å². The first-order valence-electron chi connectivity index (χ1n) is 11.2. The van der Waals surface area contributed by atoms with Gasteiger partial charge in [0, 0.05) is 23.5 Å². The van der Waals surface area contributed by atoms with Gasteiger partial charge in [0.15, 0.2) is 5.82 Å². The number of carbonyl (C=O) groups excluding carboxylic acids is 1. The fourth-order valence-corrected chi connectivity index (χ4v) is 5.43. The lowest BCUT2D eigenvalue weighted by Gasteiger charge is -2.39. The number of hydrogen-bond acceptors (Lipinski definition) is 3. The van der Waals surface area contributed by atoms with E-state index < -0.39 is 0 Å². The average Bonchev–Trinajstić information content (AvgIpc) is 3.01. The monoisotopic (exact) mass is 413 g/mol. The van der Waals surface area contributed by atoms with Crippen molar-refractivity contribution in [3.8, 4) is 22.6 Å². The second-order valence-corrected chi connectivity index (χ2v) is 8.86. The first-order valence-corrected chi connectivity index (χ1v) is 11.2. The van der Waals surface area contributed by atoms with Crippen LogP contribution in [0.1, 0.15) is 56.6 Å². The number of rotatable bonds is 2. The normalized spacial score (nSPS) is 16.8. The number of benzene rings is 2. The van der Waals surface area contributed by atoms with E-state index in [9.17, 15) is 9.59 Å². The number of amides is 1. The van der Waals surface area contributed by atoms with Crippen molar-refractivity contribution in [2.45, 2.75) is 57.3 Å². The molecule has 5 nitrogen and oxygen atoms in total. The molecule has 2 aliphatic rings. The molecular weight excluding hydrogens is 386 g/mol. The number of carbonyl (C=O) groups is 1. The van der Waals surface area contributed by atoms with Crippen LogP contribution in [0.5, 0.6) is 0 Å². The number of nitrogens with one attached hydrogen (secondary N) is 1. The summed E-state index contributed by atoms with van der Waals surface area (Å²) < 4.78 is 1.37. The third-order valence-electron chi connectivity index (χ3n) is 6.78. The Morgan fingerprint density at radius 3 is 2.35 bits per heavy atom. The third-order valence-corrected chi connectivity index (χ3v) is 6.78. The van der Waals surface area contributed by atoms with Crippen molar-refractivity contribution >= 4 is 5.91 Å². The highest BCUT2D eigenvalue weighted by atomic mass is 16.2. The highest BCUT2D eigenvalue weighted by Gasteiger charge is 2.43. The minimum absolute atomic E-state index is 0.143. The Kier molecular flexibility index (Phi) is 4.97. The van der Waals surface area contributed by atoms with E-state index in [0.29, 0.717) is 5.82 Å². The molecule has 2 aromatic carbocycles. The standard InChI is InChI=1S/C26H27N3O2/c1-18(30)28-29-24(19-11-5-4-6-12-19)27-23-21-14-8-7-13-20(21)17-26(22(23)25(29)31)15-9-2-3-10-16-26/h4-8,11-14H,2-3,9-10,15-17H2,1H3,(H,28,30). The summed E-state index contributed by atoms with van der Waals surface area (Å²) in [7, 11) is 0. The molecule has 1 fully saturated rings. The first-order chi connectivity index (χ1) is 15.1. The van der Waals surface area contributed by atoms with E-state index in [-0.39, 0.29) is 16.9 Å². The van der Waals surface area contributed by atoms with Gasteiger partial charge in [-0.1, -0.05) is 80.3 Å². The highest BCUT2D eigenvalue weighted by molar-refractivity contribution is 5.82. The number of nitrogens with zero attached hydrogens (tertiary/aromatic N) is 2. The second-order valence-electron chi connectivity index (χ2n) is 8.86. The Morgan fingerprint density at radius 1 is 0.968 bits per heavy atom. The maximum Gasteiger partial charge on any atom is 0.277 e. The molecule has 0 atom stereocenters. The zero-order valence-corrected chi connectivity index (χ0v) is 17.9. The zero-order valence-electron chi connectivity index (χ0n) is 17.9. The van der Waals surface area contributed by atoms with Crippen LogP contribution >= 0.6 is 0 Å². The zero-order chi connectivity index (χ0) is 21.4. The molecule has 5 rings (SSSR count). The molecule has 2 aliphatic carbocycles. The molecule has 1 N–H and O–H groups in total. The van der Waals surface area contributed by atoms with Crippen molar-refractivity contribution in [3.63, 3.8) is 0 Å².